The summed E-state index contributed by atoms with van der Waals surface area (Å²) in [4.78, 5) is 4.58. The monoisotopic (exact) mass is 308 g/mol. The van der Waals surface area contributed by atoms with Crippen molar-refractivity contribution in [1.29, 1.82) is 0 Å². The molecular formula is C14H17BrN2O. The van der Waals surface area contributed by atoms with E-state index in [4.69, 9.17) is 4.42 Å². The molecule has 0 saturated carbocycles. The Hall–Kier alpha value is -1.13. The molecule has 0 amide bonds. The highest BCUT2D eigenvalue weighted by Gasteiger charge is 2.20. The zero-order valence-corrected chi connectivity index (χ0v) is 12.2. The molecule has 1 N–H and O–H groups in total. The first-order valence-electron chi connectivity index (χ1n) is 6.12. The van der Waals surface area contributed by atoms with E-state index in [1.807, 2.05) is 31.2 Å². The first kappa shape index (κ1) is 13.3. The van der Waals surface area contributed by atoms with Crippen LogP contribution in [-0.2, 0) is 0 Å². The Bertz CT molecular complexity index is 510. The van der Waals surface area contributed by atoms with Crippen LogP contribution in [0.25, 0.3) is 0 Å². The molecule has 0 aliphatic carbocycles. The van der Waals surface area contributed by atoms with Crippen LogP contribution >= 0.6 is 15.9 Å². The minimum absolute atomic E-state index is 0.00535. The van der Waals surface area contributed by atoms with Gasteiger partial charge in [0.25, 0.3) is 0 Å². The lowest BCUT2D eigenvalue weighted by Gasteiger charge is -2.16. The maximum absolute atomic E-state index is 5.57. The van der Waals surface area contributed by atoms with Gasteiger partial charge in [-0.1, -0.05) is 13.0 Å². The second-order valence-electron chi connectivity index (χ2n) is 4.22. The number of furan rings is 1. The second-order valence-corrected chi connectivity index (χ2v) is 5.08. The average molecular weight is 309 g/mol. The highest BCUT2D eigenvalue weighted by molar-refractivity contribution is 9.10. The smallest absolute Gasteiger partial charge is 0.140 e. The summed E-state index contributed by atoms with van der Waals surface area (Å²) in [7, 11) is 0. The summed E-state index contributed by atoms with van der Waals surface area (Å²) in [5.41, 5.74) is 2.00. The summed E-state index contributed by atoms with van der Waals surface area (Å²) in [5.74, 6) is 0.876. The highest BCUT2D eigenvalue weighted by atomic mass is 79.9. The standard InChI is InChI=1S/C14H17BrN2O/c1-3-8-16-13(14-11(15)7-9-18-14)12-6-4-5-10(2)17-12/h4-7,9,13,16H,3,8H2,1-2H3. The molecule has 1 unspecified atom stereocenters. The molecule has 3 nitrogen and oxygen atoms in total. The van der Waals surface area contributed by atoms with Crippen molar-refractivity contribution in [3.8, 4) is 0 Å². The molecule has 2 aromatic rings. The van der Waals surface area contributed by atoms with Crippen molar-refractivity contribution in [2.75, 3.05) is 6.54 Å². The normalized spacial score (nSPS) is 12.6. The number of rotatable bonds is 5. The number of nitrogens with zero attached hydrogens (tertiary/aromatic N) is 1. The van der Waals surface area contributed by atoms with Gasteiger partial charge in [0.15, 0.2) is 0 Å². The first-order chi connectivity index (χ1) is 8.72. The molecule has 0 spiro atoms. The number of hydrogen-bond donors (Lipinski definition) is 1. The van der Waals surface area contributed by atoms with Gasteiger partial charge in [0.05, 0.1) is 16.4 Å². The van der Waals surface area contributed by atoms with Crippen LogP contribution in [0.5, 0.6) is 0 Å². The quantitative estimate of drug-likeness (QED) is 0.912. The van der Waals surface area contributed by atoms with Crippen molar-refractivity contribution in [2.24, 2.45) is 0 Å². The minimum atomic E-state index is -0.00535. The molecule has 0 fully saturated rings. The number of hydrogen-bond acceptors (Lipinski definition) is 3. The van der Waals surface area contributed by atoms with Crippen LogP contribution in [0, 0.1) is 6.92 Å². The molecule has 0 aromatic carbocycles. The van der Waals surface area contributed by atoms with Gasteiger partial charge in [0.1, 0.15) is 11.8 Å². The highest BCUT2D eigenvalue weighted by Crippen LogP contribution is 2.28. The number of nitrogens with one attached hydrogen (secondary N) is 1. The maximum Gasteiger partial charge on any atom is 0.140 e. The van der Waals surface area contributed by atoms with Crippen LogP contribution in [0.15, 0.2) is 39.4 Å². The third-order valence-electron chi connectivity index (χ3n) is 2.71. The van der Waals surface area contributed by atoms with E-state index in [2.05, 4.69) is 33.2 Å². The molecule has 0 radical (unpaired) electrons. The topological polar surface area (TPSA) is 38.1 Å². The molecule has 4 heteroatoms. The lowest BCUT2D eigenvalue weighted by molar-refractivity contribution is 0.439. The van der Waals surface area contributed by atoms with Gasteiger partial charge in [-0.3, -0.25) is 4.98 Å². The van der Waals surface area contributed by atoms with Gasteiger partial charge >= 0.3 is 0 Å². The third kappa shape index (κ3) is 3.00. The van der Waals surface area contributed by atoms with Crippen molar-refractivity contribution in [2.45, 2.75) is 26.3 Å². The van der Waals surface area contributed by atoms with E-state index < -0.39 is 0 Å². The van der Waals surface area contributed by atoms with Crippen LogP contribution in [0.2, 0.25) is 0 Å². The van der Waals surface area contributed by atoms with E-state index in [1.165, 1.54) is 0 Å². The van der Waals surface area contributed by atoms with Gasteiger partial charge < -0.3 is 9.73 Å². The summed E-state index contributed by atoms with van der Waals surface area (Å²) in [6.45, 7) is 5.07. The van der Waals surface area contributed by atoms with Crippen LogP contribution in [-0.4, -0.2) is 11.5 Å². The van der Waals surface area contributed by atoms with Crippen molar-refractivity contribution in [3.63, 3.8) is 0 Å². The molecule has 18 heavy (non-hydrogen) atoms. The average Bonchev–Trinajstić information content (AvgIpc) is 2.77. The fourth-order valence-corrected chi connectivity index (χ4v) is 2.29. The van der Waals surface area contributed by atoms with Crippen LogP contribution in [0.4, 0.5) is 0 Å². The van der Waals surface area contributed by atoms with E-state index in [1.54, 1.807) is 6.26 Å². The molecule has 2 rings (SSSR count). The van der Waals surface area contributed by atoms with Gasteiger partial charge in [-0.25, -0.2) is 0 Å². The Balaban J connectivity index is 2.33. The summed E-state index contributed by atoms with van der Waals surface area (Å²) in [6.07, 6.45) is 2.76. The van der Waals surface area contributed by atoms with Crippen molar-refractivity contribution in [3.05, 3.63) is 52.1 Å². The molecule has 2 heterocycles. The van der Waals surface area contributed by atoms with Crippen molar-refractivity contribution < 1.29 is 4.42 Å². The lowest BCUT2D eigenvalue weighted by atomic mass is 10.1. The lowest BCUT2D eigenvalue weighted by Crippen LogP contribution is -2.24. The number of pyridine rings is 1. The Kier molecular flexibility index (Phi) is 4.55. The number of aromatic nitrogens is 1. The third-order valence-corrected chi connectivity index (χ3v) is 3.37. The predicted molar refractivity (Wildman–Crippen MR) is 75.5 cm³/mol. The minimum Gasteiger partial charge on any atom is -0.466 e. The fourth-order valence-electron chi connectivity index (χ4n) is 1.86. The Morgan fingerprint density at radius 3 is 2.83 bits per heavy atom. The summed E-state index contributed by atoms with van der Waals surface area (Å²) >= 11 is 3.51. The van der Waals surface area contributed by atoms with Gasteiger partial charge in [-0.2, -0.15) is 0 Å². The number of halogens is 1. The maximum atomic E-state index is 5.57. The SMILES string of the molecule is CCCNC(c1cccc(C)n1)c1occc1Br. The van der Waals surface area contributed by atoms with Gasteiger partial charge in [-0.15, -0.1) is 0 Å². The Morgan fingerprint density at radius 2 is 2.22 bits per heavy atom. The molecule has 0 aliphatic heterocycles. The van der Waals surface area contributed by atoms with E-state index in [-0.39, 0.29) is 6.04 Å². The summed E-state index contributed by atoms with van der Waals surface area (Å²) in [6, 6.07) is 7.95. The van der Waals surface area contributed by atoms with E-state index >= 15 is 0 Å². The summed E-state index contributed by atoms with van der Waals surface area (Å²) in [5, 5.41) is 3.47. The summed E-state index contributed by atoms with van der Waals surface area (Å²) < 4.78 is 6.54. The Labute approximate surface area is 116 Å². The van der Waals surface area contributed by atoms with Crippen LogP contribution < -0.4 is 5.32 Å². The van der Waals surface area contributed by atoms with E-state index in [0.29, 0.717) is 0 Å². The molecule has 0 bridgehead atoms. The largest absolute Gasteiger partial charge is 0.466 e. The van der Waals surface area contributed by atoms with Gasteiger partial charge in [0.2, 0.25) is 0 Å². The van der Waals surface area contributed by atoms with Crippen LogP contribution in [0.1, 0.15) is 36.5 Å². The van der Waals surface area contributed by atoms with Crippen molar-refractivity contribution >= 4 is 15.9 Å². The molecule has 2 aromatic heterocycles. The van der Waals surface area contributed by atoms with E-state index in [0.717, 1.165) is 34.6 Å². The van der Waals surface area contributed by atoms with Crippen LogP contribution in [0.3, 0.4) is 0 Å². The van der Waals surface area contributed by atoms with E-state index in [9.17, 15) is 0 Å². The molecule has 96 valence electrons. The second kappa shape index (κ2) is 6.16. The first-order valence-corrected chi connectivity index (χ1v) is 6.91. The zero-order chi connectivity index (χ0) is 13.0. The van der Waals surface area contributed by atoms with Gasteiger partial charge in [-0.05, 0) is 54.0 Å². The fraction of sp³-hybridized carbons (Fsp3) is 0.357. The Morgan fingerprint density at radius 1 is 1.39 bits per heavy atom. The molecule has 0 saturated heterocycles. The predicted octanol–water partition coefficient (Wildman–Crippen LogP) is 3.83. The number of aryl methyl sites for hydroxylation is 1. The zero-order valence-electron chi connectivity index (χ0n) is 10.6. The molecular weight excluding hydrogens is 292 g/mol. The molecule has 0 aliphatic rings. The van der Waals surface area contributed by atoms with Crippen molar-refractivity contribution in [1.82, 2.24) is 10.3 Å². The van der Waals surface area contributed by atoms with Gasteiger partial charge in [0, 0.05) is 5.69 Å². The molecule has 1 atom stereocenters.